The van der Waals surface area contributed by atoms with Crippen molar-refractivity contribution in [3.8, 4) is 0 Å². The number of nitrogens with two attached hydrogens (primary N) is 1. The molecule has 31 heavy (non-hydrogen) atoms. The smallest absolute Gasteiger partial charge is 0.324 e. The summed E-state index contributed by atoms with van der Waals surface area (Å²) in [4.78, 5) is 16.7. The molecule has 0 aliphatic carbocycles. The molecule has 3 rings (SSSR count). The van der Waals surface area contributed by atoms with Crippen LogP contribution in [0.1, 0.15) is 33.6 Å². The van der Waals surface area contributed by atoms with Crippen molar-refractivity contribution < 1.29 is 17.9 Å². The van der Waals surface area contributed by atoms with E-state index in [1.807, 2.05) is 0 Å². The largest absolute Gasteiger partial charge is 0.459 e. The number of nitrogens with zero attached hydrogens (tertiary/aromatic N) is 3. The first-order valence-electron chi connectivity index (χ1n) is 9.34. The van der Waals surface area contributed by atoms with Crippen LogP contribution in [0.2, 0.25) is 0 Å². The van der Waals surface area contributed by atoms with Gasteiger partial charge in [0, 0.05) is 23.5 Å². The van der Waals surface area contributed by atoms with Gasteiger partial charge in [0.05, 0.1) is 32.9 Å². The number of nitrogens with one attached hydrogen (secondary N) is 1. The molecule has 1 saturated heterocycles. The van der Waals surface area contributed by atoms with Crippen molar-refractivity contribution in [1.29, 1.82) is 5.41 Å². The van der Waals surface area contributed by atoms with E-state index in [4.69, 9.17) is 15.9 Å². The SMILES string of the molecule is CC(C)(C)OC(=O)[C@H]1CCCN1S(=O)(=O)c1ccc2c(N(Br)C(=N)N)cncc2c1.Cl. The van der Waals surface area contributed by atoms with Crippen molar-refractivity contribution in [2.24, 2.45) is 5.73 Å². The molecule has 170 valence electrons. The Labute approximate surface area is 196 Å². The Bertz CT molecular complexity index is 1110. The number of hydrogen-bond donors (Lipinski definition) is 2. The van der Waals surface area contributed by atoms with Crippen LogP contribution in [0.5, 0.6) is 0 Å². The minimum Gasteiger partial charge on any atom is -0.459 e. The number of esters is 1. The lowest BCUT2D eigenvalue weighted by Gasteiger charge is -2.27. The number of pyridine rings is 1. The van der Waals surface area contributed by atoms with Crippen molar-refractivity contribution in [1.82, 2.24) is 9.29 Å². The maximum Gasteiger partial charge on any atom is 0.324 e. The molecule has 0 radical (unpaired) electrons. The van der Waals surface area contributed by atoms with Crippen molar-refractivity contribution in [3.63, 3.8) is 0 Å². The summed E-state index contributed by atoms with van der Waals surface area (Å²) >= 11 is 3.20. The molecule has 12 heteroatoms. The van der Waals surface area contributed by atoms with Crippen molar-refractivity contribution in [2.75, 3.05) is 10.5 Å². The van der Waals surface area contributed by atoms with E-state index in [1.54, 1.807) is 26.8 Å². The van der Waals surface area contributed by atoms with Crippen molar-refractivity contribution in [2.45, 2.75) is 50.2 Å². The van der Waals surface area contributed by atoms with E-state index in [1.165, 1.54) is 32.8 Å². The fourth-order valence-electron chi connectivity index (χ4n) is 3.35. The molecule has 1 atom stereocenters. The summed E-state index contributed by atoms with van der Waals surface area (Å²) in [5.41, 5.74) is 5.33. The van der Waals surface area contributed by atoms with Gasteiger partial charge in [0.2, 0.25) is 16.0 Å². The maximum absolute atomic E-state index is 13.3. The topological polar surface area (TPSA) is 130 Å². The molecule has 1 aromatic carbocycles. The molecular weight excluding hydrogens is 510 g/mol. The van der Waals surface area contributed by atoms with Crippen molar-refractivity contribution in [3.05, 3.63) is 30.6 Å². The van der Waals surface area contributed by atoms with Gasteiger partial charge in [-0.3, -0.25) is 15.2 Å². The highest BCUT2D eigenvalue weighted by Gasteiger charge is 2.41. The number of ether oxygens (including phenoxy) is 1. The summed E-state index contributed by atoms with van der Waals surface area (Å²) in [6.45, 7) is 5.50. The number of carbonyl (C=O) groups excluding carboxylic acids is 1. The fourth-order valence-corrected chi connectivity index (χ4v) is 5.32. The predicted octanol–water partition coefficient (Wildman–Crippen LogP) is 3.16. The van der Waals surface area contributed by atoms with Gasteiger partial charge in [-0.2, -0.15) is 4.31 Å². The Kier molecular flexibility index (Phi) is 7.57. The number of sulfonamides is 1. The Balaban J connectivity index is 0.00000341. The average Bonchev–Trinajstić information content (AvgIpc) is 3.16. The molecule has 0 saturated carbocycles. The monoisotopic (exact) mass is 533 g/mol. The lowest BCUT2D eigenvalue weighted by atomic mass is 10.1. The Morgan fingerprint density at radius 3 is 2.65 bits per heavy atom. The number of benzene rings is 1. The number of rotatable bonds is 4. The van der Waals surface area contributed by atoms with E-state index >= 15 is 0 Å². The quantitative estimate of drug-likeness (QED) is 0.267. The van der Waals surface area contributed by atoms with Gasteiger partial charge in [0.1, 0.15) is 11.6 Å². The molecule has 9 nitrogen and oxygen atoms in total. The standard InChI is InChI=1S/C19H24BrN5O4S.ClH/c1-19(2,3)29-17(26)15-5-4-8-24(15)30(27,28)13-6-7-14-12(9-13)10-23-11-16(14)25(20)18(21)22;/h6-7,9-11,15H,4-5,8H2,1-3H3,(H3,21,22);1H/t15-;/m1./s1. The van der Waals surface area contributed by atoms with Gasteiger partial charge in [-0.1, -0.05) is 6.07 Å². The average molecular weight is 535 g/mol. The zero-order chi connectivity index (χ0) is 22.3. The number of aromatic nitrogens is 1. The van der Waals surface area contributed by atoms with Gasteiger partial charge in [0.25, 0.3) is 0 Å². The molecule has 0 bridgehead atoms. The molecule has 0 spiro atoms. The third-order valence-electron chi connectivity index (χ3n) is 4.62. The fraction of sp³-hybridized carbons (Fsp3) is 0.421. The molecule has 2 heterocycles. The number of carbonyl (C=O) groups is 1. The summed E-state index contributed by atoms with van der Waals surface area (Å²) in [7, 11) is -3.92. The van der Waals surface area contributed by atoms with Crippen LogP contribution >= 0.6 is 28.6 Å². The lowest BCUT2D eigenvalue weighted by molar-refractivity contribution is -0.158. The first kappa shape index (κ1) is 25.3. The molecule has 3 N–H and O–H groups in total. The molecule has 1 fully saturated rings. The Morgan fingerprint density at radius 2 is 2.03 bits per heavy atom. The van der Waals surface area contributed by atoms with Crippen LogP contribution in [-0.4, -0.2) is 47.8 Å². The highest BCUT2D eigenvalue weighted by Crippen LogP contribution is 2.32. The van der Waals surface area contributed by atoms with Crippen molar-refractivity contribution >= 4 is 67.0 Å². The van der Waals surface area contributed by atoms with Gasteiger partial charge >= 0.3 is 5.97 Å². The first-order chi connectivity index (χ1) is 13.9. The van der Waals surface area contributed by atoms with Crippen LogP contribution in [0.3, 0.4) is 0 Å². The van der Waals surface area contributed by atoms with Gasteiger partial charge in [-0.05, 0) is 45.7 Å². The molecule has 1 aliphatic rings. The molecule has 1 aromatic heterocycles. The zero-order valence-electron chi connectivity index (χ0n) is 17.3. The molecule has 1 aliphatic heterocycles. The highest BCUT2D eigenvalue weighted by molar-refractivity contribution is 9.10. The van der Waals surface area contributed by atoms with Crippen LogP contribution in [0.15, 0.2) is 35.5 Å². The normalized spacial score (nSPS) is 17.2. The van der Waals surface area contributed by atoms with Gasteiger partial charge in [-0.25, -0.2) is 12.3 Å². The van der Waals surface area contributed by atoms with E-state index < -0.39 is 27.6 Å². The summed E-state index contributed by atoms with van der Waals surface area (Å²) in [5.74, 6) is -0.775. The third kappa shape index (κ3) is 5.28. The summed E-state index contributed by atoms with van der Waals surface area (Å²) in [5, 5.41) is 8.80. The number of halogens is 2. The van der Waals surface area contributed by atoms with Gasteiger partial charge in [-0.15, -0.1) is 12.4 Å². The number of fused-ring (bicyclic) bond motifs is 1. The van der Waals surface area contributed by atoms with Gasteiger partial charge in [0.15, 0.2) is 0 Å². The van der Waals surface area contributed by atoms with E-state index in [0.717, 1.165) is 0 Å². The van der Waals surface area contributed by atoms with Crippen LogP contribution in [0.25, 0.3) is 10.8 Å². The molecule has 0 amide bonds. The Hall–Kier alpha value is -1.95. The van der Waals surface area contributed by atoms with E-state index in [-0.39, 0.29) is 29.8 Å². The molecular formula is C19H25BrClN5O4S. The minimum absolute atomic E-state index is 0. The van der Waals surface area contributed by atoms with Crippen LogP contribution in [-0.2, 0) is 19.6 Å². The number of anilines is 1. The van der Waals surface area contributed by atoms with E-state index in [9.17, 15) is 13.2 Å². The number of guanidine groups is 1. The van der Waals surface area contributed by atoms with Crippen LogP contribution in [0.4, 0.5) is 5.69 Å². The Morgan fingerprint density at radius 1 is 1.35 bits per heavy atom. The zero-order valence-corrected chi connectivity index (χ0v) is 20.6. The van der Waals surface area contributed by atoms with E-state index in [0.29, 0.717) is 29.3 Å². The molecule has 0 unspecified atom stereocenters. The van der Waals surface area contributed by atoms with Gasteiger partial charge < -0.3 is 10.5 Å². The predicted molar refractivity (Wildman–Crippen MR) is 125 cm³/mol. The third-order valence-corrected chi connectivity index (χ3v) is 7.29. The summed E-state index contributed by atoms with van der Waals surface area (Å²) in [6, 6.07) is 3.78. The van der Waals surface area contributed by atoms with Crippen LogP contribution in [0, 0.1) is 5.41 Å². The minimum atomic E-state index is -3.92. The summed E-state index contributed by atoms with van der Waals surface area (Å²) in [6.07, 6.45) is 4.06. The van der Waals surface area contributed by atoms with E-state index in [2.05, 4.69) is 21.1 Å². The second kappa shape index (κ2) is 9.27. The lowest BCUT2D eigenvalue weighted by Crippen LogP contribution is -2.43. The maximum atomic E-state index is 13.3. The van der Waals surface area contributed by atoms with Crippen LogP contribution < -0.4 is 9.66 Å². The number of hydrogen-bond acceptors (Lipinski definition) is 6. The summed E-state index contributed by atoms with van der Waals surface area (Å²) < 4.78 is 34.5. The molecule has 2 aromatic rings. The second-order valence-corrected chi connectivity index (χ2v) is 10.6. The highest BCUT2D eigenvalue weighted by atomic mass is 79.9. The first-order valence-corrected chi connectivity index (χ1v) is 11.5. The second-order valence-electron chi connectivity index (χ2n) is 8.01.